The molecule has 8 heteroatoms. The van der Waals surface area contributed by atoms with Gasteiger partial charge in [-0.1, -0.05) is 11.6 Å². The van der Waals surface area contributed by atoms with Crippen LogP contribution in [0.15, 0.2) is 30.5 Å². The van der Waals surface area contributed by atoms with Crippen LogP contribution in [-0.2, 0) is 0 Å². The van der Waals surface area contributed by atoms with Crippen LogP contribution in [0.4, 0.5) is 5.69 Å². The molecular weight excluding hydrogens is 281 g/mol. The van der Waals surface area contributed by atoms with Gasteiger partial charge in [0.2, 0.25) is 11.2 Å². The zero-order valence-corrected chi connectivity index (χ0v) is 10.2. The van der Waals surface area contributed by atoms with Crippen molar-refractivity contribution in [2.45, 2.75) is 0 Å². The second-order valence-electron chi connectivity index (χ2n) is 3.14. The fraction of sp³-hybridized carbons (Fsp3) is 0. The number of aromatic nitrogens is 2. The summed E-state index contributed by atoms with van der Waals surface area (Å²) in [5.41, 5.74) is -0.190. The Balaban J connectivity index is 2.25. The van der Waals surface area contributed by atoms with Crippen molar-refractivity contribution < 1.29 is 9.66 Å². The minimum atomic E-state index is -0.576. The van der Waals surface area contributed by atoms with Crippen LogP contribution in [0.5, 0.6) is 11.6 Å². The molecule has 0 radical (unpaired) electrons. The number of halogens is 2. The van der Waals surface area contributed by atoms with E-state index in [1.165, 1.54) is 30.5 Å². The highest BCUT2D eigenvalue weighted by molar-refractivity contribution is 6.32. The summed E-state index contributed by atoms with van der Waals surface area (Å²) < 4.78 is 5.33. The number of hydrogen-bond donors (Lipinski definition) is 0. The van der Waals surface area contributed by atoms with E-state index in [2.05, 4.69) is 9.97 Å². The number of rotatable bonds is 3. The van der Waals surface area contributed by atoms with Crippen molar-refractivity contribution in [1.82, 2.24) is 9.97 Å². The van der Waals surface area contributed by atoms with E-state index in [1.54, 1.807) is 0 Å². The van der Waals surface area contributed by atoms with Gasteiger partial charge in [-0.25, -0.2) is 4.98 Å². The summed E-state index contributed by atoms with van der Waals surface area (Å²) in [4.78, 5) is 17.5. The van der Waals surface area contributed by atoms with Crippen LogP contribution in [-0.4, -0.2) is 14.9 Å². The van der Waals surface area contributed by atoms with Crippen LogP contribution in [0.25, 0.3) is 0 Å². The molecule has 1 heterocycles. The molecule has 18 heavy (non-hydrogen) atoms. The Kier molecular flexibility index (Phi) is 3.59. The van der Waals surface area contributed by atoms with Crippen LogP contribution in [0.1, 0.15) is 0 Å². The number of nitrogens with zero attached hydrogens (tertiary/aromatic N) is 3. The average Bonchev–Trinajstić information content (AvgIpc) is 2.28. The lowest BCUT2D eigenvalue weighted by molar-refractivity contribution is -0.384. The number of nitro benzene ring substituents is 1. The highest BCUT2D eigenvalue weighted by atomic mass is 35.5. The molecule has 0 atom stereocenters. The molecule has 0 aliphatic heterocycles. The monoisotopic (exact) mass is 285 g/mol. The van der Waals surface area contributed by atoms with Crippen LogP contribution in [0.3, 0.4) is 0 Å². The van der Waals surface area contributed by atoms with Gasteiger partial charge in [0.1, 0.15) is 10.8 Å². The Bertz CT molecular complexity index is 607. The number of nitro groups is 1. The summed E-state index contributed by atoms with van der Waals surface area (Å²) in [5.74, 6) is 0.542. The van der Waals surface area contributed by atoms with Crippen LogP contribution >= 0.6 is 23.2 Å². The highest BCUT2D eigenvalue weighted by Crippen LogP contribution is 2.30. The fourth-order valence-electron chi connectivity index (χ4n) is 1.20. The van der Waals surface area contributed by atoms with Crippen molar-refractivity contribution in [3.05, 3.63) is 50.9 Å². The first kappa shape index (κ1) is 12.5. The van der Waals surface area contributed by atoms with Gasteiger partial charge in [-0.2, -0.15) is 4.98 Å². The maximum atomic E-state index is 10.6. The zero-order chi connectivity index (χ0) is 13.1. The molecule has 0 fully saturated rings. The summed E-state index contributed by atoms with van der Waals surface area (Å²) in [6.45, 7) is 0. The van der Waals surface area contributed by atoms with Crippen LogP contribution in [0, 0.1) is 10.1 Å². The smallest absolute Gasteiger partial charge is 0.288 e. The van der Waals surface area contributed by atoms with Gasteiger partial charge in [0.15, 0.2) is 0 Å². The molecule has 92 valence electrons. The number of benzene rings is 1. The Hall–Kier alpha value is -1.92. The molecular formula is C10H5Cl2N3O3. The Morgan fingerprint density at radius 1 is 1.28 bits per heavy atom. The first-order valence-corrected chi connectivity index (χ1v) is 5.42. The molecule has 6 nitrogen and oxygen atoms in total. The minimum Gasteiger partial charge on any atom is -0.439 e. The summed E-state index contributed by atoms with van der Waals surface area (Å²) in [6, 6.07) is 5.50. The molecule has 0 amide bonds. The van der Waals surface area contributed by atoms with E-state index in [1.807, 2.05) is 0 Å². The lowest BCUT2D eigenvalue weighted by Gasteiger charge is -2.04. The Morgan fingerprint density at radius 2 is 2.06 bits per heavy atom. The Morgan fingerprint density at radius 3 is 2.67 bits per heavy atom. The van der Waals surface area contributed by atoms with E-state index in [9.17, 15) is 10.1 Å². The molecule has 0 bridgehead atoms. The minimum absolute atomic E-state index is 0.0161. The van der Waals surface area contributed by atoms with Crippen molar-refractivity contribution in [2.75, 3.05) is 0 Å². The van der Waals surface area contributed by atoms with Crippen molar-refractivity contribution in [1.29, 1.82) is 0 Å². The number of hydrogen-bond acceptors (Lipinski definition) is 5. The molecule has 1 aromatic heterocycles. The van der Waals surface area contributed by atoms with Crippen molar-refractivity contribution in [3.8, 4) is 11.6 Å². The van der Waals surface area contributed by atoms with Crippen molar-refractivity contribution in [2.24, 2.45) is 0 Å². The quantitative estimate of drug-likeness (QED) is 0.490. The van der Waals surface area contributed by atoms with Gasteiger partial charge >= 0.3 is 0 Å². The normalized spacial score (nSPS) is 10.1. The molecule has 0 spiro atoms. The van der Waals surface area contributed by atoms with Crippen molar-refractivity contribution in [3.63, 3.8) is 0 Å². The predicted molar refractivity (Wildman–Crippen MR) is 65.2 cm³/mol. The van der Waals surface area contributed by atoms with E-state index in [-0.39, 0.29) is 21.9 Å². The number of ether oxygens (including phenoxy) is 1. The van der Waals surface area contributed by atoms with E-state index in [4.69, 9.17) is 27.9 Å². The van der Waals surface area contributed by atoms with Gasteiger partial charge in [0.25, 0.3) is 5.69 Å². The topological polar surface area (TPSA) is 78.2 Å². The van der Waals surface area contributed by atoms with E-state index in [0.29, 0.717) is 5.75 Å². The highest BCUT2D eigenvalue weighted by Gasteiger charge is 2.13. The maximum Gasteiger partial charge on any atom is 0.288 e. The summed E-state index contributed by atoms with van der Waals surface area (Å²) in [5, 5.41) is 10.6. The van der Waals surface area contributed by atoms with Gasteiger partial charge < -0.3 is 4.74 Å². The molecule has 0 aliphatic carbocycles. The van der Waals surface area contributed by atoms with Crippen LogP contribution < -0.4 is 4.74 Å². The van der Waals surface area contributed by atoms with Gasteiger partial charge in [0, 0.05) is 24.4 Å². The SMILES string of the molecule is O=[N+]([O-])c1ccc(Oc2ccnc(Cl)n2)cc1Cl. The largest absolute Gasteiger partial charge is 0.439 e. The summed E-state index contributed by atoms with van der Waals surface area (Å²) in [7, 11) is 0. The second-order valence-corrected chi connectivity index (χ2v) is 3.88. The third-order valence-corrected chi connectivity index (χ3v) is 2.42. The van der Waals surface area contributed by atoms with Crippen molar-refractivity contribution >= 4 is 28.9 Å². The standard InChI is InChI=1S/C10H5Cl2N3O3/c11-7-5-6(1-2-8(7)15(16)17)18-9-3-4-13-10(12)14-9/h1-5H. The van der Waals surface area contributed by atoms with Crippen LogP contribution in [0.2, 0.25) is 10.3 Å². The molecule has 0 saturated heterocycles. The lowest BCUT2D eigenvalue weighted by Crippen LogP contribution is -1.92. The van der Waals surface area contributed by atoms with Gasteiger partial charge in [0.05, 0.1) is 4.92 Å². The predicted octanol–water partition coefficient (Wildman–Crippen LogP) is 3.48. The van der Waals surface area contributed by atoms with E-state index >= 15 is 0 Å². The van der Waals surface area contributed by atoms with Gasteiger partial charge in [-0.15, -0.1) is 0 Å². The fourth-order valence-corrected chi connectivity index (χ4v) is 1.58. The van der Waals surface area contributed by atoms with Gasteiger partial charge in [-0.05, 0) is 17.7 Å². The third kappa shape index (κ3) is 2.85. The zero-order valence-electron chi connectivity index (χ0n) is 8.71. The first-order chi connectivity index (χ1) is 8.56. The van der Waals surface area contributed by atoms with E-state index in [0.717, 1.165) is 0 Å². The molecule has 0 aliphatic rings. The molecule has 0 N–H and O–H groups in total. The molecule has 2 aromatic rings. The average molecular weight is 286 g/mol. The third-order valence-electron chi connectivity index (χ3n) is 1.94. The molecule has 0 unspecified atom stereocenters. The molecule has 1 aromatic carbocycles. The lowest BCUT2D eigenvalue weighted by atomic mass is 10.3. The summed E-state index contributed by atoms with van der Waals surface area (Å²) in [6.07, 6.45) is 1.43. The van der Waals surface area contributed by atoms with E-state index < -0.39 is 4.92 Å². The summed E-state index contributed by atoms with van der Waals surface area (Å²) >= 11 is 11.3. The second kappa shape index (κ2) is 5.16. The maximum absolute atomic E-state index is 10.6. The first-order valence-electron chi connectivity index (χ1n) is 4.66. The van der Waals surface area contributed by atoms with Gasteiger partial charge in [-0.3, -0.25) is 10.1 Å². The molecule has 2 rings (SSSR count). The Labute approximate surface area is 111 Å². The molecule has 0 saturated carbocycles.